The van der Waals surface area contributed by atoms with Crippen molar-refractivity contribution in [2.75, 3.05) is 5.32 Å². The van der Waals surface area contributed by atoms with Crippen molar-refractivity contribution < 1.29 is 13.4 Å². The molecule has 0 saturated heterocycles. The maximum Gasteiger partial charge on any atom is 0.223 e. The van der Waals surface area contributed by atoms with Gasteiger partial charge < -0.3 is 18.7 Å². The van der Waals surface area contributed by atoms with E-state index in [1.54, 1.807) is 25.0 Å². The van der Waals surface area contributed by atoms with Gasteiger partial charge in [-0.2, -0.15) is 0 Å². The largest absolute Gasteiger partial charge is 0.472 e. The van der Waals surface area contributed by atoms with Crippen LogP contribution in [0, 0.1) is 6.92 Å². The number of aromatic nitrogens is 3. The SMILES string of the molecule is Cc1cc(-c2cnc(NCc3ccco3)nc2-c2ccoc2)on1. The van der Waals surface area contributed by atoms with Crippen molar-refractivity contribution in [3.63, 3.8) is 0 Å². The zero-order valence-corrected chi connectivity index (χ0v) is 12.9. The van der Waals surface area contributed by atoms with Crippen LogP contribution in [0.3, 0.4) is 0 Å². The van der Waals surface area contributed by atoms with Crippen LogP contribution in [0.1, 0.15) is 11.5 Å². The van der Waals surface area contributed by atoms with Crippen LogP contribution in [-0.4, -0.2) is 15.1 Å². The van der Waals surface area contributed by atoms with Gasteiger partial charge in [-0.1, -0.05) is 5.16 Å². The highest BCUT2D eigenvalue weighted by Crippen LogP contribution is 2.31. The number of aryl methyl sites for hydroxylation is 1. The minimum Gasteiger partial charge on any atom is -0.472 e. The Hall–Kier alpha value is -3.35. The highest BCUT2D eigenvalue weighted by atomic mass is 16.5. The molecule has 1 N–H and O–H groups in total. The predicted molar refractivity (Wildman–Crippen MR) is 86.0 cm³/mol. The second-order valence-corrected chi connectivity index (χ2v) is 5.23. The third kappa shape index (κ3) is 2.79. The number of nitrogens with one attached hydrogen (secondary N) is 1. The summed E-state index contributed by atoms with van der Waals surface area (Å²) in [5, 5.41) is 7.07. The summed E-state index contributed by atoms with van der Waals surface area (Å²) < 4.78 is 15.8. The van der Waals surface area contributed by atoms with Gasteiger partial charge in [-0.25, -0.2) is 9.97 Å². The van der Waals surface area contributed by atoms with E-state index in [1.165, 1.54) is 0 Å². The van der Waals surface area contributed by atoms with Gasteiger partial charge >= 0.3 is 0 Å². The Morgan fingerprint density at radius 1 is 1.21 bits per heavy atom. The first-order valence-electron chi connectivity index (χ1n) is 7.39. The normalized spacial score (nSPS) is 10.9. The summed E-state index contributed by atoms with van der Waals surface area (Å²) in [6.45, 7) is 2.36. The minimum absolute atomic E-state index is 0.489. The summed E-state index contributed by atoms with van der Waals surface area (Å²) in [4.78, 5) is 8.94. The van der Waals surface area contributed by atoms with Crippen molar-refractivity contribution in [2.45, 2.75) is 13.5 Å². The van der Waals surface area contributed by atoms with E-state index in [-0.39, 0.29) is 0 Å². The van der Waals surface area contributed by atoms with Gasteiger partial charge in [-0.05, 0) is 25.1 Å². The van der Waals surface area contributed by atoms with Crippen molar-refractivity contribution in [2.24, 2.45) is 0 Å². The fourth-order valence-electron chi connectivity index (χ4n) is 2.34. The summed E-state index contributed by atoms with van der Waals surface area (Å²) >= 11 is 0. The van der Waals surface area contributed by atoms with Crippen LogP contribution < -0.4 is 5.32 Å². The van der Waals surface area contributed by atoms with Crippen molar-refractivity contribution in [3.05, 3.63) is 60.7 Å². The summed E-state index contributed by atoms with van der Waals surface area (Å²) in [7, 11) is 0. The van der Waals surface area contributed by atoms with Gasteiger partial charge in [0.2, 0.25) is 5.95 Å². The van der Waals surface area contributed by atoms with Crippen molar-refractivity contribution in [1.82, 2.24) is 15.1 Å². The Kier molecular flexibility index (Phi) is 3.59. The molecule has 24 heavy (non-hydrogen) atoms. The maximum atomic E-state index is 5.35. The monoisotopic (exact) mass is 322 g/mol. The molecular weight excluding hydrogens is 308 g/mol. The van der Waals surface area contributed by atoms with Gasteiger partial charge in [-0.3, -0.25) is 0 Å². The van der Waals surface area contributed by atoms with Gasteiger partial charge in [0.15, 0.2) is 5.76 Å². The average molecular weight is 322 g/mol. The molecule has 4 aromatic heterocycles. The molecule has 0 aromatic carbocycles. The number of rotatable bonds is 5. The van der Waals surface area contributed by atoms with Crippen LogP contribution in [0.4, 0.5) is 5.95 Å². The molecular formula is C17H14N4O3. The lowest BCUT2D eigenvalue weighted by molar-refractivity contribution is 0.427. The quantitative estimate of drug-likeness (QED) is 0.595. The van der Waals surface area contributed by atoms with Gasteiger partial charge in [0, 0.05) is 17.8 Å². The van der Waals surface area contributed by atoms with Crippen molar-refractivity contribution in [1.29, 1.82) is 0 Å². The van der Waals surface area contributed by atoms with Gasteiger partial charge in [0.1, 0.15) is 5.76 Å². The molecule has 0 aliphatic carbocycles. The summed E-state index contributed by atoms with van der Waals surface area (Å²) in [6.07, 6.45) is 6.57. The molecule has 0 saturated carbocycles. The van der Waals surface area contributed by atoms with Gasteiger partial charge in [0.25, 0.3) is 0 Å². The topological polar surface area (TPSA) is 90.1 Å². The van der Waals surface area contributed by atoms with E-state index in [2.05, 4.69) is 20.4 Å². The molecule has 7 nitrogen and oxygen atoms in total. The van der Waals surface area contributed by atoms with Gasteiger partial charge in [0.05, 0.1) is 42.3 Å². The Bertz CT molecular complexity index is 927. The second kappa shape index (κ2) is 6.04. The Morgan fingerprint density at radius 3 is 2.88 bits per heavy atom. The van der Waals surface area contributed by atoms with E-state index in [0.717, 1.165) is 22.6 Å². The highest BCUT2D eigenvalue weighted by Gasteiger charge is 2.16. The molecule has 4 rings (SSSR count). The molecule has 120 valence electrons. The highest BCUT2D eigenvalue weighted by molar-refractivity contribution is 5.77. The first-order valence-corrected chi connectivity index (χ1v) is 7.39. The molecule has 4 aromatic rings. The standard InChI is InChI=1S/C17H14N4O3/c1-11-7-15(24-21-11)14-9-19-17(18-8-13-3-2-5-23-13)20-16(14)12-4-6-22-10-12/h2-7,9-10H,8H2,1H3,(H,18,19,20). The van der Waals surface area contributed by atoms with Crippen LogP contribution in [0.5, 0.6) is 0 Å². The van der Waals surface area contributed by atoms with E-state index in [4.69, 9.17) is 13.4 Å². The summed E-state index contributed by atoms with van der Waals surface area (Å²) in [5.41, 5.74) is 3.09. The average Bonchev–Trinajstić information content (AvgIpc) is 3.35. The Balaban J connectivity index is 1.70. The Labute approximate surface area is 137 Å². The smallest absolute Gasteiger partial charge is 0.223 e. The van der Waals surface area contributed by atoms with Crippen LogP contribution >= 0.6 is 0 Å². The third-order valence-corrected chi connectivity index (χ3v) is 3.48. The number of hydrogen-bond acceptors (Lipinski definition) is 7. The molecule has 0 aliphatic rings. The molecule has 0 atom stereocenters. The van der Waals surface area contributed by atoms with Gasteiger partial charge in [-0.15, -0.1) is 0 Å². The first-order chi connectivity index (χ1) is 11.8. The number of hydrogen-bond donors (Lipinski definition) is 1. The molecule has 0 unspecified atom stereocenters. The maximum absolute atomic E-state index is 5.35. The molecule has 0 bridgehead atoms. The molecule has 0 amide bonds. The van der Waals surface area contributed by atoms with E-state index < -0.39 is 0 Å². The predicted octanol–water partition coefficient (Wildman–Crippen LogP) is 3.91. The number of furan rings is 2. The lowest BCUT2D eigenvalue weighted by Gasteiger charge is -2.07. The van der Waals surface area contributed by atoms with Crippen LogP contribution in [0.25, 0.3) is 22.6 Å². The van der Waals surface area contributed by atoms with E-state index in [9.17, 15) is 0 Å². The van der Waals surface area contributed by atoms with Crippen molar-refractivity contribution in [3.8, 4) is 22.6 Å². The lowest BCUT2D eigenvalue weighted by Crippen LogP contribution is -2.04. The number of nitrogens with zero attached hydrogens (tertiary/aromatic N) is 3. The van der Waals surface area contributed by atoms with Crippen LogP contribution in [0.2, 0.25) is 0 Å². The molecule has 0 fully saturated rings. The number of anilines is 1. The minimum atomic E-state index is 0.489. The zero-order valence-electron chi connectivity index (χ0n) is 12.9. The second-order valence-electron chi connectivity index (χ2n) is 5.23. The molecule has 0 spiro atoms. The van der Waals surface area contributed by atoms with Crippen LogP contribution in [-0.2, 0) is 6.54 Å². The van der Waals surface area contributed by atoms with E-state index in [1.807, 2.05) is 31.2 Å². The zero-order chi connectivity index (χ0) is 16.4. The molecule has 0 aliphatic heterocycles. The Morgan fingerprint density at radius 2 is 2.17 bits per heavy atom. The summed E-state index contributed by atoms with van der Waals surface area (Å²) in [5.74, 6) is 1.90. The van der Waals surface area contributed by atoms with E-state index >= 15 is 0 Å². The van der Waals surface area contributed by atoms with Crippen molar-refractivity contribution >= 4 is 5.95 Å². The van der Waals surface area contributed by atoms with E-state index in [0.29, 0.717) is 23.9 Å². The lowest BCUT2D eigenvalue weighted by atomic mass is 10.1. The first kappa shape index (κ1) is 14.3. The molecule has 7 heteroatoms. The fraction of sp³-hybridized carbons (Fsp3) is 0.118. The third-order valence-electron chi connectivity index (χ3n) is 3.48. The fourth-order valence-corrected chi connectivity index (χ4v) is 2.34. The molecule has 0 radical (unpaired) electrons. The summed E-state index contributed by atoms with van der Waals surface area (Å²) in [6, 6.07) is 7.41. The molecule has 4 heterocycles. The van der Waals surface area contributed by atoms with Crippen LogP contribution in [0.15, 0.2) is 62.6 Å².